The highest BCUT2D eigenvalue weighted by Gasteiger charge is 2.05. The van der Waals surface area contributed by atoms with Crippen LogP contribution < -0.4 is 10.6 Å². The minimum absolute atomic E-state index is 0.00344. The highest BCUT2D eigenvalue weighted by atomic mass is 19.1. The molecule has 0 radical (unpaired) electrons. The fraction of sp³-hybridized carbons (Fsp3) is 0.222. The van der Waals surface area contributed by atoms with Crippen LogP contribution in [0.4, 0.5) is 10.1 Å². The third-order valence-electron chi connectivity index (χ3n) is 3.38. The molecule has 0 aromatic heterocycles. The Bertz CT molecular complexity index is 701. The number of carbonyl (C=O) groups is 2. The first kappa shape index (κ1) is 16.7. The van der Waals surface area contributed by atoms with Crippen LogP contribution in [0.3, 0.4) is 0 Å². The van der Waals surface area contributed by atoms with Crippen molar-refractivity contribution in [2.45, 2.75) is 19.9 Å². The summed E-state index contributed by atoms with van der Waals surface area (Å²) in [5.74, 6) is -0.494. The van der Waals surface area contributed by atoms with E-state index >= 15 is 0 Å². The molecule has 2 rings (SSSR count). The molecular weight excluding hydrogens is 295 g/mol. The summed E-state index contributed by atoms with van der Waals surface area (Å²) in [6.07, 6.45) is 0.263. The van der Waals surface area contributed by atoms with Crippen molar-refractivity contribution in [1.29, 1.82) is 0 Å². The van der Waals surface area contributed by atoms with E-state index in [-0.39, 0.29) is 30.5 Å². The lowest BCUT2D eigenvalue weighted by Crippen LogP contribution is -2.25. The summed E-state index contributed by atoms with van der Waals surface area (Å²) < 4.78 is 13.4. The quantitative estimate of drug-likeness (QED) is 0.772. The molecule has 0 unspecified atom stereocenters. The van der Waals surface area contributed by atoms with Gasteiger partial charge in [-0.15, -0.1) is 0 Å². The van der Waals surface area contributed by atoms with Crippen LogP contribution in [0.2, 0.25) is 0 Å². The number of hydrogen-bond acceptors (Lipinski definition) is 3. The number of nitrogens with one attached hydrogen (secondary N) is 2. The van der Waals surface area contributed by atoms with Crippen molar-refractivity contribution in [3.05, 3.63) is 65.5 Å². The molecule has 2 aromatic rings. The first-order valence-electron chi connectivity index (χ1n) is 7.41. The van der Waals surface area contributed by atoms with E-state index in [1.165, 1.54) is 13.0 Å². The Kier molecular flexibility index (Phi) is 5.86. The van der Waals surface area contributed by atoms with Gasteiger partial charge in [0, 0.05) is 36.3 Å². The predicted molar refractivity (Wildman–Crippen MR) is 87.8 cm³/mol. The fourth-order valence-electron chi connectivity index (χ4n) is 2.09. The number of benzene rings is 2. The van der Waals surface area contributed by atoms with E-state index in [0.29, 0.717) is 17.7 Å². The maximum Gasteiger partial charge on any atom is 0.222 e. The van der Waals surface area contributed by atoms with Gasteiger partial charge in [0.1, 0.15) is 5.82 Å². The largest absolute Gasteiger partial charge is 0.385 e. The molecule has 120 valence electrons. The average Bonchev–Trinajstić information content (AvgIpc) is 2.54. The van der Waals surface area contributed by atoms with Crippen molar-refractivity contribution in [3.8, 4) is 0 Å². The van der Waals surface area contributed by atoms with Crippen LogP contribution in [0.1, 0.15) is 29.3 Å². The van der Waals surface area contributed by atoms with Gasteiger partial charge in [0.2, 0.25) is 5.91 Å². The van der Waals surface area contributed by atoms with E-state index in [2.05, 4.69) is 10.6 Å². The summed E-state index contributed by atoms with van der Waals surface area (Å²) in [5.41, 5.74) is 1.88. The molecule has 2 N–H and O–H groups in total. The van der Waals surface area contributed by atoms with Gasteiger partial charge in [-0.3, -0.25) is 9.59 Å². The molecule has 0 aliphatic carbocycles. The summed E-state index contributed by atoms with van der Waals surface area (Å²) in [6, 6.07) is 13.5. The molecule has 0 fully saturated rings. The second kappa shape index (κ2) is 8.08. The molecule has 4 nitrogen and oxygen atoms in total. The van der Waals surface area contributed by atoms with Crippen LogP contribution in [0.25, 0.3) is 0 Å². The van der Waals surface area contributed by atoms with Crippen molar-refractivity contribution >= 4 is 17.4 Å². The number of Topliss-reactive ketones (excluding diaryl/α,β-unsaturated/α-hetero) is 1. The molecule has 5 heteroatoms. The molecule has 0 bridgehead atoms. The second-order valence-electron chi connectivity index (χ2n) is 5.18. The Morgan fingerprint density at radius 1 is 1.09 bits per heavy atom. The number of rotatable bonds is 7. The third kappa shape index (κ3) is 5.21. The summed E-state index contributed by atoms with van der Waals surface area (Å²) in [7, 11) is 0. The van der Waals surface area contributed by atoms with Gasteiger partial charge in [0.25, 0.3) is 0 Å². The molecule has 0 saturated carbocycles. The summed E-state index contributed by atoms with van der Waals surface area (Å²) in [6.45, 7) is 2.12. The monoisotopic (exact) mass is 314 g/mol. The molecule has 0 aliphatic heterocycles. The standard InChI is InChI=1S/C18H19FN2O2/c1-13(22)14-6-4-7-16(11-14)20-10-9-18(23)21-12-15-5-2-3-8-17(15)19/h2-8,11,20H,9-10,12H2,1H3,(H,21,23). The zero-order valence-corrected chi connectivity index (χ0v) is 12.9. The van der Waals surface area contributed by atoms with E-state index in [9.17, 15) is 14.0 Å². The first-order valence-corrected chi connectivity index (χ1v) is 7.41. The minimum atomic E-state index is -0.327. The minimum Gasteiger partial charge on any atom is -0.385 e. The van der Waals surface area contributed by atoms with Crippen LogP contribution >= 0.6 is 0 Å². The molecule has 2 aromatic carbocycles. The van der Waals surface area contributed by atoms with Gasteiger partial charge in [-0.2, -0.15) is 0 Å². The van der Waals surface area contributed by atoms with Gasteiger partial charge in [0.15, 0.2) is 5.78 Å². The van der Waals surface area contributed by atoms with E-state index in [4.69, 9.17) is 0 Å². The molecule has 0 spiro atoms. The van der Waals surface area contributed by atoms with Gasteiger partial charge in [0.05, 0.1) is 0 Å². The summed E-state index contributed by atoms with van der Waals surface area (Å²) >= 11 is 0. The van der Waals surface area contributed by atoms with E-state index in [1.807, 2.05) is 6.07 Å². The number of hydrogen-bond donors (Lipinski definition) is 2. The van der Waals surface area contributed by atoms with Crippen LogP contribution in [0, 0.1) is 5.82 Å². The molecule has 0 heterocycles. The SMILES string of the molecule is CC(=O)c1cccc(NCCC(=O)NCc2ccccc2F)c1. The Morgan fingerprint density at radius 3 is 2.61 bits per heavy atom. The second-order valence-corrected chi connectivity index (χ2v) is 5.18. The lowest BCUT2D eigenvalue weighted by molar-refractivity contribution is -0.121. The molecule has 0 saturated heterocycles. The van der Waals surface area contributed by atoms with Crippen molar-refractivity contribution in [2.24, 2.45) is 0 Å². The molecule has 0 atom stereocenters. The number of amides is 1. The Hall–Kier alpha value is -2.69. The smallest absolute Gasteiger partial charge is 0.222 e. The maximum atomic E-state index is 13.4. The molecule has 0 aliphatic rings. The van der Waals surface area contributed by atoms with Crippen molar-refractivity contribution < 1.29 is 14.0 Å². The van der Waals surface area contributed by atoms with Gasteiger partial charge in [-0.1, -0.05) is 30.3 Å². The van der Waals surface area contributed by atoms with Crippen LogP contribution in [-0.2, 0) is 11.3 Å². The van der Waals surface area contributed by atoms with Crippen molar-refractivity contribution in [1.82, 2.24) is 5.32 Å². The van der Waals surface area contributed by atoms with E-state index < -0.39 is 0 Å². The fourth-order valence-corrected chi connectivity index (χ4v) is 2.09. The van der Waals surface area contributed by atoms with Crippen molar-refractivity contribution in [2.75, 3.05) is 11.9 Å². The van der Waals surface area contributed by atoms with Crippen LogP contribution in [-0.4, -0.2) is 18.2 Å². The maximum absolute atomic E-state index is 13.4. The predicted octanol–water partition coefficient (Wildman–Crippen LogP) is 3.15. The summed E-state index contributed by atoms with van der Waals surface area (Å²) in [4.78, 5) is 23.1. The summed E-state index contributed by atoms with van der Waals surface area (Å²) in [5, 5.41) is 5.78. The molecule has 23 heavy (non-hydrogen) atoms. The number of halogens is 1. The molecular formula is C18H19FN2O2. The zero-order chi connectivity index (χ0) is 16.7. The third-order valence-corrected chi connectivity index (χ3v) is 3.38. The lowest BCUT2D eigenvalue weighted by Gasteiger charge is -2.09. The van der Waals surface area contributed by atoms with Gasteiger partial charge >= 0.3 is 0 Å². The Morgan fingerprint density at radius 2 is 1.87 bits per heavy atom. The lowest BCUT2D eigenvalue weighted by atomic mass is 10.1. The first-order chi connectivity index (χ1) is 11.1. The number of anilines is 1. The van der Waals surface area contributed by atoms with Crippen LogP contribution in [0.5, 0.6) is 0 Å². The van der Waals surface area contributed by atoms with Crippen molar-refractivity contribution in [3.63, 3.8) is 0 Å². The van der Waals surface area contributed by atoms with Gasteiger partial charge in [-0.05, 0) is 25.1 Å². The topological polar surface area (TPSA) is 58.2 Å². The van der Waals surface area contributed by atoms with Crippen LogP contribution in [0.15, 0.2) is 48.5 Å². The number of ketones is 1. The van der Waals surface area contributed by atoms with E-state index in [0.717, 1.165) is 5.69 Å². The highest BCUT2D eigenvalue weighted by Crippen LogP contribution is 2.11. The average molecular weight is 314 g/mol. The van der Waals surface area contributed by atoms with Gasteiger partial charge in [-0.25, -0.2) is 4.39 Å². The van der Waals surface area contributed by atoms with E-state index in [1.54, 1.807) is 36.4 Å². The van der Waals surface area contributed by atoms with Gasteiger partial charge < -0.3 is 10.6 Å². The Balaban J connectivity index is 1.76. The normalized spacial score (nSPS) is 10.2. The number of carbonyl (C=O) groups excluding carboxylic acids is 2. The Labute approximate surface area is 134 Å². The molecule has 1 amide bonds. The zero-order valence-electron chi connectivity index (χ0n) is 12.9. The highest BCUT2D eigenvalue weighted by molar-refractivity contribution is 5.94.